The zero-order chi connectivity index (χ0) is 23.8. The van der Waals surface area contributed by atoms with Gasteiger partial charge in [-0.2, -0.15) is 0 Å². The van der Waals surface area contributed by atoms with E-state index >= 15 is 0 Å². The summed E-state index contributed by atoms with van der Waals surface area (Å²) in [5, 5.41) is 7.57. The highest BCUT2D eigenvalue weighted by Gasteiger charge is 2.40. The molecule has 1 fully saturated rings. The molecule has 0 unspecified atom stereocenters. The average Bonchev–Trinajstić information content (AvgIpc) is 3.21. The molecule has 1 rings (SSSR count). The Morgan fingerprint density at radius 3 is 1.65 bits per heavy atom. The van der Waals surface area contributed by atoms with Crippen molar-refractivity contribution in [3.63, 3.8) is 0 Å². The first-order valence-corrected chi connectivity index (χ1v) is 19.3. The number of nitrogens with one attached hydrogen (secondary N) is 1. The summed E-state index contributed by atoms with van der Waals surface area (Å²) in [6.45, 7) is 14.8. The minimum absolute atomic E-state index is 0. The van der Waals surface area contributed by atoms with Crippen molar-refractivity contribution in [2.75, 3.05) is 32.9 Å². The van der Waals surface area contributed by atoms with Gasteiger partial charge in [0, 0.05) is 25.9 Å². The lowest BCUT2D eigenvalue weighted by molar-refractivity contribution is 0.179. The third kappa shape index (κ3) is 24.5. The number of rotatable bonds is 11. The van der Waals surface area contributed by atoms with E-state index in [9.17, 15) is 13.4 Å². The molecule has 31 heavy (non-hydrogen) atoms. The molecule has 1 aliphatic heterocycles. The maximum Gasteiger partial charge on any atom is 0.425 e. The topological polar surface area (TPSA) is 128 Å². The number of nitrogens with two attached hydrogens (primary N) is 1. The fraction of sp³-hybridized carbons (Fsp3) is 1.00. The van der Waals surface area contributed by atoms with Gasteiger partial charge in [0.05, 0.1) is 0 Å². The number of hydrogen-bond acceptors (Lipinski definition) is 8. The fourth-order valence-electron chi connectivity index (χ4n) is 2.31. The Bertz CT molecular complexity index is 418. The lowest BCUT2D eigenvalue weighted by atomic mass is 10.5. The molecule has 1 saturated heterocycles. The van der Waals surface area contributed by atoms with Gasteiger partial charge in [-0.1, -0.05) is 28.2 Å². The van der Waals surface area contributed by atoms with E-state index in [1.807, 2.05) is 34.6 Å². The van der Waals surface area contributed by atoms with Gasteiger partial charge in [-0.15, -0.1) is 0 Å². The number of aliphatic hydroxyl groups is 1. The zero-order valence-corrected chi connectivity index (χ0v) is 24.1. The quantitative estimate of drug-likeness (QED) is 0.358. The number of hydrogen-bond donors (Lipinski definition) is 3. The van der Waals surface area contributed by atoms with Crippen LogP contribution in [0.1, 0.15) is 61.8 Å². The van der Waals surface area contributed by atoms with Crippen molar-refractivity contribution in [1.29, 1.82) is 0 Å². The predicted octanol–water partition coefficient (Wildman–Crippen LogP) is 3.35. The van der Waals surface area contributed by atoms with Crippen LogP contribution >= 0.6 is 0 Å². The van der Waals surface area contributed by atoms with Gasteiger partial charge in [0.1, 0.15) is 0 Å². The van der Waals surface area contributed by atoms with Gasteiger partial charge in [-0.25, -0.2) is 0 Å². The van der Waals surface area contributed by atoms with Crippen LogP contribution in [0.5, 0.6) is 0 Å². The van der Waals surface area contributed by atoms with Gasteiger partial charge in [0.25, 0.3) is 8.68 Å². The normalized spacial score (nSPS) is 13.2. The highest BCUT2D eigenvalue weighted by atomic mass is 29.2. The van der Waals surface area contributed by atoms with Crippen LogP contribution in [0.15, 0.2) is 0 Å². The second-order valence-electron chi connectivity index (χ2n) is 6.30. The van der Waals surface area contributed by atoms with E-state index in [-0.39, 0.29) is 14.0 Å². The van der Waals surface area contributed by atoms with E-state index in [2.05, 4.69) is 4.98 Å². The summed E-state index contributed by atoms with van der Waals surface area (Å²) < 4.78 is 43.3. The summed E-state index contributed by atoms with van der Waals surface area (Å²) >= 11 is 0. The van der Waals surface area contributed by atoms with Gasteiger partial charge in [0.2, 0.25) is 0 Å². The van der Waals surface area contributed by atoms with Crippen LogP contribution in [-0.4, -0.2) is 71.8 Å². The second-order valence-corrected chi connectivity index (χ2v) is 18.0. The van der Waals surface area contributed by atoms with E-state index in [4.69, 9.17) is 19.7 Å². The first-order valence-electron chi connectivity index (χ1n) is 11.2. The Kier molecular flexibility index (Phi) is 34.8. The Morgan fingerprint density at radius 2 is 1.39 bits per heavy atom. The van der Waals surface area contributed by atoms with E-state index in [1.54, 1.807) is 6.92 Å². The van der Waals surface area contributed by atoms with Crippen LogP contribution in [-0.2, 0) is 22.2 Å². The standard InChI is InChI=1S/C7H17NO2Si.C5H13NOSi.C4H10O2Si2.C2H6O.CH4/c1-3-9-11(10-4-2)7-5-6-8-11;1-2-8(7)5-3-4-6;1-3-7(5)8(6)4-2;1-2-3;/h8H,3-7H2,1-2H3;2-6H2,1H3;3-4H2,1-2H3;3H,2H2,1H3;1H4. The van der Waals surface area contributed by atoms with Crippen molar-refractivity contribution in [1.82, 2.24) is 4.98 Å². The largest absolute Gasteiger partial charge is 0.425 e. The lowest BCUT2D eigenvalue weighted by Crippen LogP contribution is -2.51. The SMILES string of the molecule is C.CCO.CCO[Si]1(OCC)CCCN1.CC[Si](=O)CCCN.CC[Si](=O)[Si](=O)CC. The van der Waals surface area contributed by atoms with Crippen molar-refractivity contribution in [2.45, 2.75) is 92.0 Å². The minimum atomic E-state index is -1.88. The monoisotopic (exact) mass is 514 g/mol. The van der Waals surface area contributed by atoms with E-state index in [0.717, 1.165) is 44.3 Å². The molecule has 4 N–H and O–H groups in total. The zero-order valence-electron chi connectivity index (χ0n) is 20.1. The molecule has 8 nitrogen and oxygen atoms in total. The third-order valence-corrected chi connectivity index (χ3v) is 14.7. The molecule has 188 valence electrons. The van der Waals surface area contributed by atoms with Crippen molar-refractivity contribution < 1.29 is 27.3 Å². The Balaban J connectivity index is -0.000000166. The van der Waals surface area contributed by atoms with Crippen LogP contribution in [0, 0.1) is 0 Å². The molecule has 0 spiro atoms. The summed E-state index contributed by atoms with van der Waals surface area (Å²) in [6, 6.07) is 4.00. The third-order valence-electron chi connectivity index (χ3n) is 3.84. The smallest absolute Gasteiger partial charge is 0.397 e. The summed E-state index contributed by atoms with van der Waals surface area (Å²) in [5.41, 5.74) is 5.21. The molecule has 0 bridgehead atoms. The molecule has 0 aliphatic carbocycles. The molecular formula is C19H50N2O6Si4. The highest BCUT2D eigenvalue weighted by molar-refractivity contribution is 7.07. The van der Waals surface area contributed by atoms with Crippen LogP contribution < -0.4 is 10.7 Å². The first kappa shape index (κ1) is 38.3. The fourth-order valence-corrected chi connectivity index (χ4v) is 9.31. The summed E-state index contributed by atoms with van der Waals surface area (Å²) in [6.07, 6.45) is 2.12. The maximum absolute atomic E-state index is 10.7. The maximum atomic E-state index is 10.7. The molecule has 1 heterocycles. The highest BCUT2D eigenvalue weighted by Crippen LogP contribution is 2.17. The van der Waals surface area contributed by atoms with Gasteiger partial charge in [-0.05, 0) is 70.9 Å². The van der Waals surface area contributed by atoms with Crippen molar-refractivity contribution in [3.8, 4) is 0 Å². The lowest BCUT2D eigenvalue weighted by Gasteiger charge is -2.24. The summed E-state index contributed by atoms with van der Waals surface area (Å²) in [7, 11) is -6.43. The molecule has 0 saturated carbocycles. The van der Waals surface area contributed by atoms with E-state index < -0.39 is 33.8 Å². The molecule has 1 aliphatic rings. The molecule has 12 heteroatoms. The second kappa shape index (κ2) is 28.1. The van der Waals surface area contributed by atoms with Crippen LogP contribution in [0.4, 0.5) is 0 Å². The van der Waals surface area contributed by atoms with Gasteiger partial charge < -0.3 is 33.1 Å². The van der Waals surface area contributed by atoms with Crippen molar-refractivity contribution in [2.24, 2.45) is 5.73 Å². The molecule has 0 radical (unpaired) electrons. The van der Waals surface area contributed by atoms with Gasteiger partial charge >= 0.3 is 25.1 Å². The molecule has 0 aromatic rings. The van der Waals surface area contributed by atoms with Crippen LogP contribution in [0.2, 0.25) is 30.2 Å². The Labute approximate surface area is 196 Å². The van der Waals surface area contributed by atoms with E-state index in [1.165, 1.54) is 6.42 Å². The number of aliphatic hydroxyl groups excluding tert-OH is 1. The average molecular weight is 515 g/mol. The molecular weight excluding hydrogens is 465 g/mol. The van der Waals surface area contributed by atoms with Gasteiger partial charge in [0.15, 0.2) is 0 Å². The Hall–Kier alpha value is 0.0675. The minimum Gasteiger partial charge on any atom is -0.397 e. The van der Waals surface area contributed by atoms with E-state index in [0.29, 0.717) is 18.6 Å². The first-order chi connectivity index (χ1) is 14.3. The van der Waals surface area contributed by atoms with Crippen molar-refractivity contribution >= 4 is 33.8 Å². The molecule has 0 amide bonds. The molecule has 0 aromatic carbocycles. The molecule has 0 atom stereocenters. The predicted molar refractivity (Wildman–Crippen MR) is 135 cm³/mol. The van der Waals surface area contributed by atoms with Crippen LogP contribution in [0.3, 0.4) is 0 Å². The van der Waals surface area contributed by atoms with Crippen LogP contribution in [0.25, 0.3) is 0 Å². The van der Waals surface area contributed by atoms with Gasteiger partial charge in [-0.3, -0.25) is 4.98 Å². The Morgan fingerprint density at radius 1 is 0.935 bits per heavy atom. The summed E-state index contributed by atoms with van der Waals surface area (Å²) in [4.78, 5) is 3.37. The molecule has 0 aromatic heterocycles. The summed E-state index contributed by atoms with van der Waals surface area (Å²) in [5.74, 6) is 0. The van der Waals surface area contributed by atoms with Crippen molar-refractivity contribution in [3.05, 3.63) is 0 Å².